The fourth-order valence-electron chi connectivity index (χ4n) is 3.58. The summed E-state index contributed by atoms with van der Waals surface area (Å²) in [6, 6.07) is 19.1. The molecule has 0 amide bonds. The predicted molar refractivity (Wildman–Crippen MR) is 133 cm³/mol. The Morgan fingerprint density at radius 2 is 1.91 bits per heavy atom. The van der Waals surface area contributed by atoms with E-state index in [1.165, 1.54) is 23.9 Å². The average Bonchev–Trinajstić information content (AvgIpc) is 3.17. The summed E-state index contributed by atoms with van der Waals surface area (Å²) in [5.74, 6) is 0.737. The number of hydrogen-bond acceptors (Lipinski definition) is 6. The first-order valence-electron chi connectivity index (χ1n) is 10.7. The second kappa shape index (κ2) is 10.9. The average molecular weight is 513 g/mol. The highest BCUT2D eigenvalue weighted by Crippen LogP contribution is 2.38. The summed E-state index contributed by atoms with van der Waals surface area (Å²) < 4.78 is 21.0. The van der Waals surface area contributed by atoms with Crippen molar-refractivity contribution in [2.45, 2.75) is 30.9 Å². The number of nitrogens with zero attached hydrogens (tertiary/aromatic N) is 4. The van der Waals surface area contributed by atoms with Gasteiger partial charge in [0.05, 0.1) is 5.02 Å². The standard InChI is InChI=1S/C25H22ClFN4O3S/c1-16-5-3-8-21(11-16)31-17(2)28-29-25(31)35-24(14-30(32)33)19-9-10-23(22(26)13-19)34-15-18-6-4-7-20(27)12-18/h3-13,24H,14-15H2,1-2H3/t24-/m0/s1. The zero-order valence-electron chi connectivity index (χ0n) is 19.0. The highest BCUT2D eigenvalue weighted by atomic mass is 35.5. The number of aryl methyl sites for hydroxylation is 2. The summed E-state index contributed by atoms with van der Waals surface area (Å²) in [6.07, 6.45) is 0. The van der Waals surface area contributed by atoms with Gasteiger partial charge in [-0.25, -0.2) is 4.39 Å². The van der Waals surface area contributed by atoms with Gasteiger partial charge in [-0.05, 0) is 66.9 Å². The minimum absolute atomic E-state index is 0.142. The second-order valence-electron chi connectivity index (χ2n) is 7.93. The Hall–Kier alpha value is -3.43. The van der Waals surface area contributed by atoms with Crippen LogP contribution >= 0.6 is 23.4 Å². The third-order valence-corrected chi connectivity index (χ3v) is 6.70. The first-order chi connectivity index (χ1) is 16.8. The predicted octanol–water partition coefficient (Wildman–Crippen LogP) is 6.37. The molecule has 0 saturated heterocycles. The molecule has 3 aromatic carbocycles. The zero-order valence-corrected chi connectivity index (χ0v) is 20.6. The van der Waals surface area contributed by atoms with Gasteiger partial charge in [-0.1, -0.05) is 53.7 Å². The van der Waals surface area contributed by atoms with Crippen LogP contribution in [0.3, 0.4) is 0 Å². The second-order valence-corrected chi connectivity index (χ2v) is 9.51. The molecule has 4 aromatic rings. The van der Waals surface area contributed by atoms with Crippen molar-refractivity contribution in [3.05, 3.63) is 110 Å². The fraction of sp³-hybridized carbons (Fsp3) is 0.200. The van der Waals surface area contributed by atoms with E-state index in [9.17, 15) is 14.5 Å². The maximum absolute atomic E-state index is 13.4. The Bertz CT molecular complexity index is 1360. The maximum atomic E-state index is 13.4. The van der Waals surface area contributed by atoms with Gasteiger partial charge in [-0.15, -0.1) is 10.2 Å². The first kappa shape index (κ1) is 24.7. The monoisotopic (exact) mass is 512 g/mol. The molecule has 7 nitrogen and oxygen atoms in total. The van der Waals surface area contributed by atoms with E-state index in [0.717, 1.165) is 11.3 Å². The molecule has 4 rings (SSSR count). The lowest BCUT2D eigenvalue weighted by Gasteiger charge is -2.16. The molecule has 1 heterocycles. The van der Waals surface area contributed by atoms with Crippen LogP contribution < -0.4 is 4.74 Å². The van der Waals surface area contributed by atoms with E-state index < -0.39 is 5.25 Å². The molecule has 0 bridgehead atoms. The Balaban J connectivity index is 1.58. The van der Waals surface area contributed by atoms with E-state index in [2.05, 4.69) is 10.2 Å². The van der Waals surface area contributed by atoms with Crippen molar-refractivity contribution in [1.29, 1.82) is 0 Å². The molecule has 1 aromatic heterocycles. The Kier molecular flexibility index (Phi) is 7.67. The molecule has 0 aliphatic heterocycles. The molecular weight excluding hydrogens is 491 g/mol. The molecule has 0 saturated carbocycles. The summed E-state index contributed by atoms with van der Waals surface area (Å²) in [7, 11) is 0. The lowest BCUT2D eigenvalue weighted by Crippen LogP contribution is -2.11. The van der Waals surface area contributed by atoms with Crippen LogP contribution in [0, 0.1) is 29.8 Å². The third kappa shape index (κ3) is 6.17. The van der Waals surface area contributed by atoms with Gasteiger partial charge in [0.1, 0.15) is 29.2 Å². The molecule has 180 valence electrons. The Labute approximate surface area is 211 Å². The van der Waals surface area contributed by atoms with Gasteiger partial charge < -0.3 is 4.74 Å². The third-order valence-electron chi connectivity index (χ3n) is 5.23. The largest absolute Gasteiger partial charge is 0.487 e. The van der Waals surface area contributed by atoms with Crippen molar-refractivity contribution in [2.75, 3.05) is 6.54 Å². The number of benzene rings is 3. The quantitative estimate of drug-likeness (QED) is 0.147. The van der Waals surface area contributed by atoms with Gasteiger partial charge in [0, 0.05) is 10.6 Å². The molecular formula is C25H22ClFN4O3S. The van der Waals surface area contributed by atoms with E-state index in [1.54, 1.807) is 30.3 Å². The molecule has 0 spiro atoms. The maximum Gasteiger partial charge on any atom is 0.220 e. The van der Waals surface area contributed by atoms with Gasteiger partial charge in [-0.3, -0.25) is 14.7 Å². The number of nitro groups is 1. The molecule has 1 atom stereocenters. The molecule has 0 radical (unpaired) electrons. The molecule has 35 heavy (non-hydrogen) atoms. The van der Waals surface area contributed by atoms with Crippen LogP contribution in [0.15, 0.2) is 71.9 Å². The number of halogens is 2. The van der Waals surface area contributed by atoms with Gasteiger partial charge >= 0.3 is 0 Å². The Morgan fingerprint density at radius 3 is 2.63 bits per heavy atom. The molecule has 10 heteroatoms. The van der Waals surface area contributed by atoms with Crippen LogP contribution in [0.1, 0.15) is 27.8 Å². The van der Waals surface area contributed by atoms with E-state index in [4.69, 9.17) is 16.3 Å². The highest BCUT2D eigenvalue weighted by molar-refractivity contribution is 7.99. The van der Waals surface area contributed by atoms with Gasteiger partial charge in [-0.2, -0.15) is 0 Å². The van der Waals surface area contributed by atoms with Crippen molar-refractivity contribution in [3.8, 4) is 11.4 Å². The number of hydrogen-bond donors (Lipinski definition) is 0. The number of thioether (sulfide) groups is 1. The van der Waals surface area contributed by atoms with Crippen molar-refractivity contribution in [3.63, 3.8) is 0 Å². The van der Waals surface area contributed by atoms with Crippen molar-refractivity contribution < 1.29 is 14.1 Å². The first-order valence-corrected chi connectivity index (χ1v) is 12.0. The number of aromatic nitrogens is 3. The van der Waals surface area contributed by atoms with Gasteiger partial charge in [0.25, 0.3) is 0 Å². The van der Waals surface area contributed by atoms with Crippen molar-refractivity contribution >= 4 is 23.4 Å². The number of ether oxygens (including phenoxy) is 1. The summed E-state index contributed by atoms with van der Waals surface area (Å²) in [5, 5.41) is 20.2. The molecule has 0 N–H and O–H groups in total. The summed E-state index contributed by atoms with van der Waals surface area (Å²) in [5.41, 5.74) is 3.28. The smallest absolute Gasteiger partial charge is 0.220 e. The van der Waals surface area contributed by atoms with Crippen LogP contribution in [0.25, 0.3) is 5.69 Å². The van der Waals surface area contributed by atoms with Gasteiger partial charge in [0.2, 0.25) is 6.54 Å². The summed E-state index contributed by atoms with van der Waals surface area (Å²) >= 11 is 7.70. The SMILES string of the molecule is Cc1cccc(-n2c(C)nnc2S[C@@H](C[N+](=O)[O-])c2ccc(OCc3cccc(F)c3)c(Cl)c2)c1. The minimum Gasteiger partial charge on any atom is -0.487 e. The molecule has 0 fully saturated rings. The van der Waals surface area contributed by atoms with Crippen molar-refractivity contribution in [1.82, 2.24) is 14.8 Å². The van der Waals surface area contributed by atoms with Crippen LogP contribution in [-0.4, -0.2) is 26.2 Å². The van der Waals surface area contributed by atoms with Crippen LogP contribution in [-0.2, 0) is 6.61 Å². The normalized spacial score (nSPS) is 11.9. The lowest BCUT2D eigenvalue weighted by atomic mass is 10.1. The van der Waals surface area contributed by atoms with E-state index >= 15 is 0 Å². The van der Waals surface area contributed by atoms with E-state index in [1.807, 2.05) is 42.7 Å². The molecule has 0 unspecified atom stereocenters. The highest BCUT2D eigenvalue weighted by Gasteiger charge is 2.24. The summed E-state index contributed by atoms with van der Waals surface area (Å²) in [6.45, 7) is 3.64. The summed E-state index contributed by atoms with van der Waals surface area (Å²) in [4.78, 5) is 11.1. The topological polar surface area (TPSA) is 83.1 Å². The van der Waals surface area contributed by atoms with Crippen LogP contribution in [0.2, 0.25) is 5.02 Å². The Morgan fingerprint density at radius 1 is 1.11 bits per heavy atom. The zero-order chi connectivity index (χ0) is 24.9. The molecule has 0 aliphatic carbocycles. The van der Waals surface area contributed by atoms with Crippen LogP contribution in [0.5, 0.6) is 5.75 Å². The van der Waals surface area contributed by atoms with Gasteiger partial charge in [0.15, 0.2) is 5.16 Å². The fourth-order valence-corrected chi connectivity index (χ4v) is 4.99. The van der Waals surface area contributed by atoms with Crippen molar-refractivity contribution in [2.24, 2.45) is 0 Å². The van der Waals surface area contributed by atoms with E-state index in [-0.39, 0.29) is 23.9 Å². The number of rotatable bonds is 9. The van der Waals surface area contributed by atoms with Crippen LogP contribution in [0.4, 0.5) is 4.39 Å². The molecule has 0 aliphatic rings. The van der Waals surface area contributed by atoms with E-state index in [0.29, 0.717) is 32.9 Å². The minimum atomic E-state index is -0.563. The lowest BCUT2D eigenvalue weighted by molar-refractivity contribution is -0.479.